The minimum atomic E-state index is -0.866. The zero-order valence-corrected chi connectivity index (χ0v) is 18.3. The third-order valence-corrected chi connectivity index (χ3v) is 5.81. The highest BCUT2D eigenvalue weighted by Gasteiger charge is 2.39. The van der Waals surface area contributed by atoms with Gasteiger partial charge in [-0.3, -0.25) is 4.57 Å². The van der Waals surface area contributed by atoms with Gasteiger partial charge in [0.15, 0.2) is 0 Å². The fourth-order valence-electron chi connectivity index (χ4n) is 4.17. The Morgan fingerprint density at radius 1 is 1.16 bits per heavy atom. The molecule has 4 heterocycles. The Bertz CT molecular complexity index is 1070. The van der Waals surface area contributed by atoms with Gasteiger partial charge in [0.2, 0.25) is 0 Å². The van der Waals surface area contributed by atoms with E-state index in [4.69, 9.17) is 9.47 Å². The van der Waals surface area contributed by atoms with Crippen LogP contribution in [-0.4, -0.2) is 56.4 Å². The lowest BCUT2D eigenvalue weighted by molar-refractivity contribution is 0.0129. The van der Waals surface area contributed by atoms with Gasteiger partial charge in [0, 0.05) is 37.0 Å². The Hall–Kier alpha value is -3.29. The molecule has 3 aromatic rings. The number of likely N-dealkylation sites (tertiary alicyclic amines) is 1. The normalized spacial score (nSPS) is 19.4. The molecule has 0 aromatic carbocycles. The molecular weight excluding hydrogens is 396 g/mol. The Morgan fingerprint density at radius 3 is 2.58 bits per heavy atom. The number of hydrogen-bond donors (Lipinski definition) is 1. The molecule has 3 aromatic heterocycles. The molecule has 4 rings (SSSR count). The molecule has 2 atom stereocenters. The van der Waals surface area contributed by atoms with Crippen molar-refractivity contribution in [3.63, 3.8) is 0 Å². The lowest BCUT2D eigenvalue weighted by Gasteiger charge is -2.44. The van der Waals surface area contributed by atoms with E-state index in [2.05, 4.69) is 30.7 Å². The van der Waals surface area contributed by atoms with E-state index in [-0.39, 0.29) is 17.6 Å². The molecule has 1 amide bonds. The third kappa shape index (κ3) is 4.28. The number of amides is 1. The number of hydrogen-bond acceptors (Lipinski definition) is 5. The van der Waals surface area contributed by atoms with Gasteiger partial charge in [-0.2, -0.15) is 0 Å². The number of fused-ring (bicyclic) bond motifs is 1. The van der Waals surface area contributed by atoms with Crippen LogP contribution in [0.3, 0.4) is 0 Å². The molecule has 1 aliphatic rings. The summed E-state index contributed by atoms with van der Waals surface area (Å²) >= 11 is 0. The summed E-state index contributed by atoms with van der Waals surface area (Å²) < 4.78 is 13.3. The van der Waals surface area contributed by atoms with Crippen molar-refractivity contribution in [2.75, 3.05) is 13.7 Å². The molecule has 8 heteroatoms. The summed E-state index contributed by atoms with van der Waals surface area (Å²) in [6.07, 6.45) is 5.73. The van der Waals surface area contributed by atoms with Gasteiger partial charge in [-0.05, 0) is 29.7 Å². The zero-order valence-electron chi connectivity index (χ0n) is 18.3. The van der Waals surface area contributed by atoms with Crippen LogP contribution in [0.1, 0.15) is 33.6 Å². The Kier molecular flexibility index (Phi) is 5.47. The molecule has 0 bridgehead atoms. The highest BCUT2D eigenvalue weighted by molar-refractivity contribution is 5.79. The molecule has 1 N–H and O–H groups in total. The van der Waals surface area contributed by atoms with Crippen LogP contribution in [0.15, 0.2) is 42.9 Å². The maximum absolute atomic E-state index is 11.6. The highest BCUT2D eigenvalue weighted by atomic mass is 16.5. The molecule has 1 fully saturated rings. The molecule has 164 valence electrons. The van der Waals surface area contributed by atoms with Crippen molar-refractivity contribution >= 4 is 17.1 Å². The number of carbonyl (C=O) groups is 1. The van der Waals surface area contributed by atoms with E-state index in [0.717, 1.165) is 16.9 Å². The molecule has 1 aliphatic heterocycles. The van der Waals surface area contributed by atoms with E-state index in [9.17, 15) is 9.90 Å². The molecule has 1 saturated heterocycles. The quantitative estimate of drug-likeness (QED) is 0.669. The largest absolute Gasteiger partial charge is 0.495 e. The topological polar surface area (TPSA) is 89.7 Å². The summed E-state index contributed by atoms with van der Waals surface area (Å²) in [4.78, 5) is 22.2. The number of ether oxygens (including phenoxy) is 2. The standard InChI is InChI=1S/C23H28N4O4/c1-23(2,3)19-12-16(8-10-26(19)22(28)29)31-17-5-6-20(24-13-17)27-9-7-15-11-18(30-4)14-25-21(15)27/h5-7,9,11,13-14,16,19H,8,10,12H2,1-4H3,(H,28,29). The van der Waals surface area contributed by atoms with Crippen LogP contribution in [0.4, 0.5) is 4.79 Å². The van der Waals surface area contributed by atoms with Crippen LogP contribution in [-0.2, 0) is 0 Å². The van der Waals surface area contributed by atoms with Gasteiger partial charge in [-0.15, -0.1) is 0 Å². The van der Waals surface area contributed by atoms with E-state index in [0.29, 0.717) is 30.9 Å². The van der Waals surface area contributed by atoms with Gasteiger partial charge in [-0.25, -0.2) is 14.8 Å². The number of rotatable bonds is 4. The second-order valence-corrected chi connectivity index (χ2v) is 8.95. The summed E-state index contributed by atoms with van der Waals surface area (Å²) in [6, 6.07) is 7.61. The molecule has 31 heavy (non-hydrogen) atoms. The van der Waals surface area contributed by atoms with Crippen molar-refractivity contribution in [3.05, 3.63) is 42.9 Å². The number of methoxy groups -OCH3 is 1. The average Bonchev–Trinajstić information content (AvgIpc) is 3.16. The van der Waals surface area contributed by atoms with Crippen molar-refractivity contribution in [2.45, 2.75) is 45.8 Å². The lowest BCUT2D eigenvalue weighted by atomic mass is 9.80. The van der Waals surface area contributed by atoms with Crippen molar-refractivity contribution < 1.29 is 19.4 Å². The molecule has 8 nitrogen and oxygen atoms in total. The summed E-state index contributed by atoms with van der Waals surface area (Å²) in [6.45, 7) is 6.67. The number of aromatic nitrogens is 3. The van der Waals surface area contributed by atoms with Crippen molar-refractivity contribution in [1.82, 2.24) is 19.4 Å². The first-order chi connectivity index (χ1) is 14.8. The van der Waals surface area contributed by atoms with Crippen LogP contribution < -0.4 is 9.47 Å². The second-order valence-electron chi connectivity index (χ2n) is 8.95. The van der Waals surface area contributed by atoms with E-state index in [1.807, 2.05) is 35.0 Å². The summed E-state index contributed by atoms with van der Waals surface area (Å²) in [7, 11) is 1.62. The van der Waals surface area contributed by atoms with Crippen molar-refractivity contribution in [3.8, 4) is 17.3 Å². The van der Waals surface area contributed by atoms with E-state index in [1.165, 1.54) is 0 Å². The summed E-state index contributed by atoms with van der Waals surface area (Å²) in [5.74, 6) is 2.13. The van der Waals surface area contributed by atoms with Gasteiger partial charge >= 0.3 is 6.09 Å². The Morgan fingerprint density at radius 2 is 1.94 bits per heavy atom. The van der Waals surface area contributed by atoms with Crippen LogP contribution in [0.2, 0.25) is 0 Å². The Labute approximate surface area is 181 Å². The van der Waals surface area contributed by atoms with Gasteiger partial charge in [-0.1, -0.05) is 20.8 Å². The first kappa shape index (κ1) is 21.0. The van der Waals surface area contributed by atoms with Gasteiger partial charge < -0.3 is 19.5 Å². The fourth-order valence-corrected chi connectivity index (χ4v) is 4.17. The Balaban J connectivity index is 1.49. The van der Waals surface area contributed by atoms with Crippen LogP contribution >= 0.6 is 0 Å². The van der Waals surface area contributed by atoms with Crippen molar-refractivity contribution in [1.29, 1.82) is 0 Å². The smallest absolute Gasteiger partial charge is 0.407 e. The first-order valence-electron chi connectivity index (χ1n) is 10.4. The van der Waals surface area contributed by atoms with Gasteiger partial charge in [0.25, 0.3) is 0 Å². The SMILES string of the molecule is COc1cnc2c(ccn2-c2ccc(OC3CCN(C(=O)O)C(C(C)(C)C)C3)cn2)c1. The predicted octanol–water partition coefficient (Wildman–Crippen LogP) is 4.37. The van der Waals surface area contributed by atoms with E-state index < -0.39 is 6.09 Å². The van der Waals surface area contributed by atoms with Gasteiger partial charge in [0.1, 0.15) is 29.1 Å². The summed E-state index contributed by atoms with van der Waals surface area (Å²) in [5, 5.41) is 10.5. The highest BCUT2D eigenvalue weighted by Crippen LogP contribution is 2.33. The van der Waals surface area contributed by atoms with Crippen LogP contribution in [0, 0.1) is 5.41 Å². The molecule has 0 saturated carbocycles. The zero-order chi connectivity index (χ0) is 22.2. The van der Waals surface area contributed by atoms with E-state index in [1.54, 1.807) is 24.4 Å². The first-order valence-corrected chi connectivity index (χ1v) is 10.4. The molecular formula is C23H28N4O4. The summed E-state index contributed by atoms with van der Waals surface area (Å²) in [5.41, 5.74) is 0.643. The fraction of sp³-hybridized carbons (Fsp3) is 0.435. The maximum atomic E-state index is 11.6. The van der Waals surface area contributed by atoms with Crippen molar-refractivity contribution in [2.24, 2.45) is 5.41 Å². The lowest BCUT2D eigenvalue weighted by Crippen LogP contribution is -2.53. The minimum Gasteiger partial charge on any atom is -0.495 e. The monoisotopic (exact) mass is 424 g/mol. The predicted molar refractivity (Wildman–Crippen MR) is 117 cm³/mol. The number of carboxylic acid groups (broad SMARTS) is 1. The van der Waals surface area contributed by atoms with Crippen LogP contribution in [0.5, 0.6) is 11.5 Å². The number of nitrogens with zero attached hydrogens (tertiary/aromatic N) is 4. The maximum Gasteiger partial charge on any atom is 0.407 e. The van der Waals surface area contributed by atoms with Crippen LogP contribution in [0.25, 0.3) is 16.9 Å². The van der Waals surface area contributed by atoms with Gasteiger partial charge in [0.05, 0.1) is 19.5 Å². The molecule has 0 spiro atoms. The average molecular weight is 425 g/mol. The number of piperidine rings is 1. The molecule has 2 unspecified atom stereocenters. The number of pyridine rings is 2. The second kappa shape index (κ2) is 8.09. The molecule has 0 radical (unpaired) electrons. The van der Waals surface area contributed by atoms with E-state index >= 15 is 0 Å². The third-order valence-electron chi connectivity index (χ3n) is 5.81. The minimum absolute atomic E-state index is 0.0472. The molecule has 0 aliphatic carbocycles.